The van der Waals surface area contributed by atoms with Crippen LogP contribution in [0.3, 0.4) is 0 Å². The van der Waals surface area contributed by atoms with E-state index in [9.17, 15) is 18.0 Å². The smallest absolute Gasteiger partial charge is 0.475 e. The van der Waals surface area contributed by atoms with Crippen molar-refractivity contribution in [3.63, 3.8) is 0 Å². The summed E-state index contributed by atoms with van der Waals surface area (Å²) >= 11 is 0. The minimum absolute atomic E-state index is 0.135. The number of carbonyl (C=O) groups is 2. The van der Waals surface area contributed by atoms with Gasteiger partial charge in [0.1, 0.15) is 0 Å². The third kappa shape index (κ3) is 6.18. The number of fused-ring (bicyclic) bond motifs is 1. The first kappa shape index (κ1) is 24.0. The Kier molecular flexibility index (Phi) is 7.70. The van der Waals surface area contributed by atoms with Gasteiger partial charge in [-0.25, -0.2) is 4.79 Å². The summed E-state index contributed by atoms with van der Waals surface area (Å²) in [5, 5.41) is 15.6. The van der Waals surface area contributed by atoms with Gasteiger partial charge in [0.2, 0.25) is 5.91 Å². The first-order chi connectivity index (χ1) is 15.1. The largest absolute Gasteiger partial charge is 0.490 e. The summed E-state index contributed by atoms with van der Waals surface area (Å²) in [6, 6.07) is 4.04. The molecule has 2 atom stereocenters. The van der Waals surface area contributed by atoms with Gasteiger partial charge in [0, 0.05) is 38.0 Å². The van der Waals surface area contributed by atoms with Crippen molar-refractivity contribution in [1.29, 1.82) is 0 Å². The van der Waals surface area contributed by atoms with Gasteiger partial charge in [-0.2, -0.15) is 18.3 Å². The first-order valence-electron chi connectivity index (χ1n) is 10.6. The SMILES string of the molecule is Cc1ccc(N2CCO[C@@H]3CN(C(=O)C4CC=CC4)CC[C@@H]3C2)nn1.O=C(O)C(F)(F)F. The second-order valence-corrected chi connectivity index (χ2v) is 8.16. The van der Waals surface area contributed by atoms with Crippen molar-refractivity contribution >= 4 is 17.7 Å². The van der Waals surface area contributed by atoms with Crippen LogP contribution < -0.4 is 4.90 Å². The molecule has 3 heterocycles. The molecule has 0 unspecified atom stereocenters. The van der Waals surface area contributed by atoms with Crippen LogP contribution in [-0.4, -0.2) is 77.1 Å². The zero-order valence-electron chi connectivity index (χ0n) is 17.8. The maximum Gasteiger partial charge on any atom is 0.490 e. The highest BCUT2D eigenvalue weighted by atomic mass is 19.4. The summed E-state index contributed by atoms with van der Waals surface area (Å²) in [6.07, 6.45) is 2.08. The molecule has 176 valence electrons. The van der Waals surface area contributed by atoms with Gasteiger partial charge < -0.3 is 19.6 Å². The fraction of sp³-hybridized carbons (Fsp3) is 0.619. The van der Waals surface area contributed by atoms with Crippen molar-refractivity contribution in [1.82, 2.24) is 15.1 Å². The Hall–Kier alpha value is -2.69. The summed E-state index contributed by atoms with van der Waals surface area (Å²) in [7, 11) is 0. The van der Waals surface area contributed by atoms with Crippen molar-refractivity contribution in [2.45, 2.75) is 38.5 Å². The number of likely N-dealkylation sites (tertiary alicyclic amines) is 1. The van der Waals surface area contributed by atoms with Crippen LogP contribution in [-0.2, 0) is 14.3 Å². The van der Waals surface area contributed by atoms with E-state index in [2.05, 4.69) is 27.2 Å². The summed E-state index contributed by atoms with van der Waals surface area (Å²) < 4.78 is 37.9. The van der Waals surface area contributed by atoms with Crippen LogP contribution in [0.1, 0.15) is 25.0 Å². The zero-order chi connectivity index (χ0) is 23.3. The van der Waals surface area contributed by atoms with Gasteiger partial charge in [-0.15, -0.1) is 5.10 Å². The lowest BCUT2D eigenvalue weighted by Gasteiger charge is -2.39. The lowest BCUT2D eigenvalue weighted by Crippen LogP contribution is -2.50. The van der Waals surface area contributed by atoms with Gasteiger partial charge in [-0.3, -0.25) is 4.79 Å². The molecule has 0 aromatic carbocycles. The number of hydrogen-bond donors (Lipinski definition) is 1. The summed E-state index contributed by atoms with van der Waals surface area (Å²) in [6.45, 7) is 5.94. The van der Waals surface area contributed by atoms with E-state index in [0.717, 1.165) is 57.0 Å². The molecule has 1 aliphatic carbocycles. The molecule has 1 aromatic rings. The normalized spacial score (nSPS) is 23.8. The number of anilines is 1. The Bertz CT molecular complexity index is 823. The highest BCUT2D eigenvalue weighted by Gasteiger charge is 2.38. The first-order valence-corrected chi connectivity index (χ1v) is 10.6. The molecule has 2 aliphatic heterocycles. The van der Waals surface area contributed by atoms with Gasteiger partial charge in [-0.1, -0.05) is 12.2 Å². The van der Waals surface area contributed by atoms with E-state index in [-0.39, 0.29) is 12.0 Å². The van der Waals surface area contributed by atoms with E-state index >= 15 is 0 Å². The molecular weight excluding hydrogens is 429 g/mol. The molecule has 4 rings (SSSR count). The number of alkyl halides is 3. The lowest BCUT2D eigenvalue weighted by atomic mass is 9.92. The van der Waals surface area contributed by atoms with Crippen LogP contribution in [0.5, 0.6) is 0 Å². The monoisotopic (exact) mass is 456 g/mol. The van der Waals surface area contributed by atoms with E-state index in [0.29, 0.717) is 18.4 Å². The number of allylic oxidation sites excluding steroid dienone is 2. The van der Waals surface area contributed by atoms with Gasteiger partial charge in [0.15, 0.2) is 5.82 Å². The fourth-order valence-corrected chi connectivity index (χ4v) is 4.10. The lowest BCUT2D eigenvalue weighted by molar-refractivity contribution is -0.192. The minimum Gasteiger partial charge on any atom is -0.475 e. The molecule has 0 radical (unpaired) electrons. The Morgan fingerprint density at radius 1 is 1.12 bits per heavy atom. The predicted molar refractivity (Wildman–Crippen MR) is 109 cm³/mol. The van der Waals surface area contributed by atoms with E-state index in [4.69, 9.17) is 14.6 Å². The van der Waals surface area contributed by atoms with Crippen LogP contribution in [0.4, 0.5) is 19.0 Å². The number of nitrogens with zero attached hydrogens (tertiary/aromatic N) is 4. The van der Waals surface area contributed by atoms with Gasteiger partial charge in [0.05, 0.1) is 18.4 Å². The number of aliphatic carboxylic acids is 1. The molecule has 1 N–H and O–H groups in total. The molecule has 1 amide bonds. The molecule has 2 saturated heterocycles. The number of ether oxygens (including phenoxy) is 1. The summed E-state index contributed by atoms with van der Waals surface area (Å²) in [5.74, 6) is -0.937. The van der Waals surface area contributed by atoms with E-state index < -0.39 is 12.1 Å². The van der Waals surface area contributed by atoms with Crippen molar-refractivity contribution in [2.24, 2.45) is 11.8 Å². The molecule has 8 nitrogen and oxygen atoms in total. The second kappa shape index (κ2) is 10.3. The highest BCUT2D eigenvalue weighted by Crippen LogP contribution is 2.28. The second-order valence-electron chi connectivity index (χ2n) is 8.16. The molecule has 1 aromatic heterocycles. The number of carboxylic acid groups (broad SMARTS) is 1. The number of piperidine rings is 1. The average Bonchev–Trinajstić information content (AvgIpc) is 3.20. The molecule has 0 spiro atoms. The zero-order valence-corrected chi connectivity index (χ0v) is 17.8. The maximum atomic E-state index is 12.7. The van der Waals surface area contributed by atoms with Gasteiger partial charge in [0.25, 0.3) is 0 Å². The molecule has 2 fully saturated rings. The third-order valence-corrected chi connectivity index (χ3v) is 5.86. The number of hydrogen-bond acceptors (Lipinski definition) is 6. The Morgan fingerprint density at radius 3 is 2.41 bits per heavy atom. The quantitative estimate of drug-likeness (QED) is 0.683. The Balaban J connectivity index is 0.000000360. The molecule has 11 heteroatoms. The standard InChI is InChI=1S/C19H26N4O2.C2HF3O2/c1-14-6-7-18(21-20-14)22-10-11-25-17-13-23(9-8-16(17)12-22)19(24)15-4-2-3-5-15;3-2(4,5)1(6)7/h2-3,6-7,15-17H,4-5,8-13H2,1H3;(H,6,7)/t16-,17-;/m1./s1. The van der Waals surface area contributed by atoms with Crippen LogP contribution >= 0.6 is 0 Å². The number of rotatable bonds is 2. The molecule has 3 aliphatic rings. The molecule has 0 saturated carbocycles. The van der Waals surface area contributed by atoms with Crippen molar-refractivity contribution in [3.05, 3.63) is 30.0 Å². The number of amides is 1. The van der Waals surface area contributed by atoms with Crippen molar-refractivity contribution in [2.75, 3.05) is 37.7 Å². The highest BCUT2D eigenvalue weighted by molar-refractivity contribution is 5.79. The van der Waals surface area contributed by atoms with Crippen LogP contribution in [0.2, 0.25) is 0 Å². The van der Waals surface area contributed by atoms with Gasteiger partial charge in [-0.05, 0) is 38.3 Å². The number of halogens is 3. The van der Waals surface area contributed by atoms with Gasteiger partial charge >= 0.3 is 12.1 Å². The van der Waals surface area contributed by atoms with E-state index in [1.54, 1.807) is 0 Å². The minimum atomic E-state index is -5.08. The van der Waals surface area contributed by atoms with Crippen LogP contribution in [0, 0.1) is 18.8 Å². The van der Waals surface area contributed by atoms with Crippen molar-refractivity contribution in [3.8, 4) is 0 Å². The third-order valence-electron chi connectivity index (χ3n) is 5.86. The molecular formula is C21H27F3N4O4. The number of aryl methyl sites for hydroxylation is 1. The molecule has 0 bridgehead atoms. The number of aromatic nitrogens is 2. The van der Waals surface area contributed by atoms with Crippen LogP contribution in [0.25, 0.3) is 0 Å². The predicted octanol–water partition coefficient (Wildman–Crippen LogP) is 2.44. The Morgan fingerprint density at radius 2 is 1.81 bits per heavy atom. The number of carboxylic acids is 1. The maximum absolute atomic E-state index is 12.7. The van der Waals surface area contributed by atoms with E-state index in [1.165, 1.54) is 0 Å². The topological polar surface area (TPSA) is 95.9 Å². The number of carbonyl (C=O) groups excluding carboxylic acids is 1. The van der Waals surface area contributed by atoms with Crippen LogP contribution in [0.15, 0.2) is 24.3 Å². The summed E-state index contributed by atoms with van der Waals surface area (Å²) in [4.78, 5) is 25.9. The van der Waals surface area contributed by atoms with Crippen molar-refractivity contribution < 1.29 is 32.6 Å². The Labute approximate surface area is 184 Å². The average molecular weight is 456 g/mol. The summed E-state index contributed by atoms with van der Waals surface area (Å²) in [5.41, 5.74) is 0.931. The molecule has 32 heavy (non-hydrogen) atoms. The fourth-order valence-electron chi connectivity index (χ4n) is 4.10. The van der Waals surface area contributed by atoms with E-state index in [1.807, 2.05) is 24.0 Å².